The SMILES string of the molecule is CCC(CC)(C(CC1CC2CCC1C2)NN)N1CCCC1. The molecule has 1 heterocycles. The van der Waals surface area contributed by atoms with Crippen molar-refractivity contribution in [3.05, 3.63) is 0 Å². The second-order valence-electron chi connectivity index (χ2n) is 7.89. The van der Waals surface area contributed by atoms with E-state index in [1.54, 1.807) is 0 Å². The van der Waals surface area contributed by atoms with E-state index in [4.69, 9.17) is 5.84 Å². The fourth-order valence-corrected chi connectivity index (χ4v) is 5.98. The van der Waals surface area contributed by atoms with Crippen molar-refractivity contribution >= 4 is 0 Å². The first-order chi connectivity index (χ1) is 10.2. The third-order valence-corrected chi connectivity index (χ3v) is 7.23. The van der Waals surface area contributed by atoms with E-state index in [9.17, 15) is 0 Å². The van der Waals surface area contributed by atoms with E-state index in [0.717, 1.165) is 17.8 Å². The molecule has 0 spiro atoms. The van der Waals surface area contributed by atoms with Gasteiger partial charge in [-0.15, -0.1) is 0 Å². The van der Waals surface area contributed by atoms with Crippen LogP contribution in [-0.4, -0.2) is 29.6 Å². The summed E-state index contributed by atoms with van der Waals surface area (Å²) < 4.78 is 0. The van der Waals surface area contributed by atoms with Gasteiger partial charge < -0.3 is 0 Å². The minimum Gasteiger partial charge on any atom is -0.296 e. The van der Waals surface area contributed by atoms with E-state index < -0.39 is 0 Å². The maximum atomic E-state index is 6.08. The van der Waals surface area contributed by atoms with E-state index in [-0.39, 0.29) is 5.54 Å². The van der Waals surface area contributed by atoms with Gasteiger partial charge in [0.2, 0.25) is 0 Å². The predicted octanol–water partition coefficient (Wildman–Crippen LogP) is 3.30. The Hall–Kier alpha value is -0.120. The number of hydrogen-bond donors (Lipinski definition) is 2. The third-order valence-electron chi connectivity index (χ3n) is 7.23. The van der Waals surface area contributed by atoms with Gasteiger partial charge in [0.05, 0.1) is 0 Å². The highest BCUT2D eigenvalue weighted by Gasteiger charge is 2.46. The number of fused-ring (bicyclic) bond motifs is 2. The van der Waals surface area contributed by atoms with Crippen LogP contribution in [0.5, 0.6) is 0 Å². The van der Waals surface area contributed by atoms with Crippen LogP contribution in [0.3, 0.4) is 0 Å². The molecule has 0 aromatic heterocycles. The minimum absolute atomic E-state index is 0.285. The first-order valence-corrected chi connectivity index (χ1v) is 9.44. The van der Waals surface area contributed by atoms with Crippen molar-refractivity contribution in [3.63, 3.8) is 0 Å². The maximum Gasteiger partial charge on any atom is 0.0397 e. The number of nitrogens with zero attached hydrogens (tertiary/aromatic N) is 1. The van der Waals surface area contributed by atoms with Crippen LogP contribution in [0.4, 0.5) is 0 Å². The van der Waals surface area contributed by atoms with Crippen molar-refractivity contribution < 1.29 is 0 Å². The van der Waals surface area contributed by atoms with Crippen molar-refractivity contribution in [1.82, 2.24) is 10.3 Å². The zero-order valence-electron chi connectivity index (χ0n) is 14.1. The molecule has 0 amide bonds. The van der Waals surface area contributed by atoms with E-state index in [1.807, 2.05) is 0 Å². The normalized spacial score (nSPS) is 34.7. The van der Waals surface area contributed by atoms with Crippen LogP contribution in [-0.2, 0) is 0 Å². The second kappa shape index (κ2) is 6.55. The van der Waals surface area contributed by atoms with Crippen LogP contribution in [0.15, 0.2) is 0 Å². The zero-order chi connectivity index (χ0) is 14.9. The fraction of sp³-hybridized carbons (Fsp3) is 1.00. The summed E-state index contributed by atoms with van der Waals surface area (Å²) in [6.45, 7) is 7.28. The molecule has 1 aliphatic heterocycles. The summed E-state index contributed by atoms with van der Waals surface area (Å²) in [7, 11) is 0. The Morgan fingerprint density at radius 3 is 2.33 bits per heavy atom. The maximum absolute atomic E-state index is 6.08. The molecule has 2 bridgehead atoms. The fourth-order valence-electron chi connectivity index (χ4n) is 5.98. The number of hydrogen-bond acceptors (Lipinski definition) is 3. The van der Waals surface area contributed by atoms with Gasteiger partial charge in [0, 0.05) is 11.6 Å². The lowest BCUT2D eigenvalue weighted by Gasteiger charge is -2.48. The molecule has 0 radical (unpaired) electrons. The Morgan fingerprint density at radius 1 is 1.14 bits per heavy atom. The Labute approximate surface area is 131 Å². The number of likely N-dealkylation sites (tertiary alicyclic amines) is 1. The van der Waals surface area contributed by atoms with Gasteiger partial charge in [-0.05, 0) is 82.2 Å². The average Bonchev–Trinajstić information content (AvgIpc) is 3.25. The smallest absolute Gasteiger partial charge is 0.0397 e. The molecule has 3 rings (SSSR count). The zero-order valence-corrected chi connectivity index (χ0v) is 14.1. The van der Waals surface area contributed by atoms with Crippen LogP contribution in [0.2, 0.25) is 0 Å². The van der Waals surface area contributed by atoms with Crippen molar-refractivity contribution in [2.24, 2.45) is 23.6 Å². The highest BCUT2D eigenvalue weighted by molar-refractivity contribution is 5.02. The van der Waals surface area contributed by atoms with Gasteiger partial charge in [0.1, 0.15) is 0 Å². The van der Waals surface area contributed by atoms with Crippen molar-refractivity contribution in [3.8, 4) is 0 Å². The molecule has 2 saturated carbocycles. The Bertz CT molecular complexity index is 333. The Morgan fingerprint density at radius 2 is 1.86 bits per heavy atom. The third kappa shape index (κ3) is 2.77. The summed E-state index contributed by atoms with van der Waals surface area (Å²) in [5.74, 6) is 9.07. The van der Waals surface area contributed by atoms with Gasteiger partial charge >= 0.3 is 0 Å². The molecule has 0 aromatic carbocycles. The van der Waals surface area contributed by atoms with Crippen LogP contribution in [0.25, 0.3) is 0 Å². The highest BCUT2D eigenvalue weighted by atomic mass is 15.3. The van der Waals surface area contributed by atoms with E-state index >= 15 is 0 Å². The summed E-state index contributed by atoms with van der Waals surface area (Å²) in [6, 6.07) is 0.468. The molecule has 4 unspecified atom stereocenters. The van der Waals surface area contributed by atoms with E-state index in [1.165, 1.54) is 70.9 Å². The molecule has 3 fully saturated rings. The monoisotopic (exact) mass is 293 g/mol. The lowest BCUT2D eigenvalue weighted by molar-refractivity contribution is 0.0473. The van der Waals surface area contributed by atoms with Gasteiger partial charge in [0.15, 0.2) is 0 Å². The molecule has 4 atom stereocenters. The Kier molecular flexibility index (Phi) is 4.92. The van der Waals surface area contributed by atoms with Crippen molar-refractivity contribution in [2.45, 2.75) is 83.2 Å². The Balaban J connectivity index is 1.72. The molecule has 122 valence electrons. The second-order valence-corrected chi connectivity index (χ2v) is 7.89. The molecular weight excluding hydrogens is 258 g/mol. The minimum atomic E-state index is 0.285. The predicted molar refractivity (Wildman–Crippen MR) is 88.8 cm³/mol. The summed E-state index contributed by atoms with van der Waals surface area (Å²) in [6.07, 6.45) is 12.5. The van der Waals surface area contributed by atoms with Gasteiger partial charge in [0.25, 0.3) is 0 Å². The molecule has 3 heteroatoms. The van der Waals surface area contributed by atoms with E-state index in [0.29, 0.717) is 6.04 Å². The quantitative estimate of drug-likeness (QED) is 0.559. The topological polar surface area (TPSA) is 41.3 Å². The number of nitrogens with two attached hydrogens (primary N) is 1. The largest absolute Gasteiger partial charge is 0.296 e. The van der Waals surface area contributed by atoms with Gasteiger partial charge in [-0.2, -0.15) is 0 Å². The first-order valence-electron chi connectivity index (χ1n) is 9.44. The van der Waals surface area contributed by atoms with Crippen LogP contribution in [0, 0.1) is 17.8 Å². The molecule has 3 nitrogen and oxygen atoms in total. The molecular formula is C18H35N3. The summed E-state index contributed by atoms with van der Waals surface area (Å²) >= 11 is 0. The lowest BCUT2D eigenvalue weighted by atomic mass is 9.75. The van der Waals surface area contributed by atoms with Gasteiger partial charge in [-0.3, -0.25) is 16.2 Å². The number of rotatable bonds is 7. The van der Waals surface area contributed by atoms with Crippen molar-refractivity contribution in [2.75, 3.05) is 13.1 Å². The molecule has 3 aliphatic rings. The molecule has 2 aliphatic carbocycles. The highest BCUT2D eigenvalue weighted by Crippen LogP contribution is 2.51. The summed E-state index contributed by atoms with van der Waals surface area (Å²) in [4.78, 5) is 2.75. The van der Waals surface area contributed by atoms with Gasteiger partial charge in [-0.1, -0.05) is 20.3 Å². The number of hydrazine groups is 1. The molecule has 21 heavy (non-hydrogen) atoms. The van der Waals surface area contributed by atoms with Crippen LogP contribution >= 0.6 is 0 Å². The molecule has 1 saturated heterocycles. The standard InChI is InChI=1S/C18H35N3/c1-3-18(4-2,21-9-5-6-10-21)17(20-19)13-16-12-14-7-8-15(16)11-14/h14-17,20H,3-13,19H2,1-2H3. The summed E-state index contributed by atoms with van der Waals surface area (Å²) in [5.41, 5.74) is 3.55. The van der Waals surface area contributed by atoms with Crippen LogP contribution in [0.1, 0.15) is 71.6 Å². The average molecular weight is 293 g/mol. The number of nitrogens with one attached hydrogen (secondary N) is 1. The van der Waals surface area contributed by atoms with Crippen molar-refractivity contribution in [1.29, 1.82) is 0 Å². The molecule has 0 aromatic rings. The van der Waals surface area contributed by atoms with Crippen LogP contribution < -0.4 is 11.3 Å². The lowest BCUT2D eigenvalue weighted by Crippen LogP contribution is -2.62. The van der Waals surface area contributed by atoms with Gasteiger partial charge in [-0.25, -0.2) is 0 Å². The summed E-state index contributed by atoms with van der Waals surface area (Å²) in [5, 5.41) is 0. The first kappa shape index (κ1) is 15.8. The molecule has 3 N–H and O–H groups in total. The van der Waals surface area contributed by atoms with E-state index in [2.05, 4.69) is 24.2 Å².